The van der Waals surface area contributed by atoms with E-state index < -0.39 is 0 Å². The highest BCUT2D eigenvalue weighted by atomic mass is 16.5. The maximum absolute atomic E-state index is 9.33. The Morgan fingerprint density at radius 1 is 1.35 bits per heavy atom. The largest absolute Gasteiger partial charge is 0.394 e. The van der Waals surface area contributed by atoms with Gasteiger partial charge in [0.2, 0.25) is 0 Å². The molecule has 0 saturated heterocycles. The lowest BCUT2D eigenvalue weighted by atomic mass is 9.97. The van der Waals surface area contributed by atoms with Crippen molar-refractivity contribution < 1.29 is 9.84 Å². The number of likely N-dealkylation sites (N-methyl/N-ethyl adjacent to an activating group) is 1. The van der Waals surface area contributed by atoms with Crippen LogP contribution < -0.4 is 5.32 Å². The Hall–Kier alpha value is -0.120. The van der Waals surface area contributed by atoms with Crippen LogP contribution in [0.1, 0.15) is 53.4 Å². The minimum Gasteiger partial charge on any atom is -0.394 e. The molecule has 0 aliphatic heterocycles. The van der Waals surface area contributed by atoms with Crippen molar-refractivity contribution in [2.24, 2.45) is 5.92 Å². The predicted molar refractivity (Wildman–Crippen MR) is 73.3 cm³/mol. The third-order valence-corrected chi connectivity index (χ3v) is 3.15. The van der Waals surface area contributed by atoms with Crippen molar-refractivity contribution in [3.05, 3.63) is 0 Å². The van der Waals surface area contributed by atoms with E-state index in [1.54, 1.807) is 0 Å². The standard InChI is InChI=1S/C14H31NO2/c1-5-8-13(3)11-17-10-7-9-14(4,12-16)15-6-2/h13,15-16H,5-12H2,1-4H3. The Kier molecular flexibility index (Phi) is 9.79. The summed E-state index contributed by atoms with van der Waals surface area (Å²) in [6.45, 7) is 11.3. The first-order valence-corrected chi connectivity index (χ1v) is 7.01. The maximum atomic E-state index is 9.33. The van der Waals surface area contributed by atoms with Gasteiger partial charge in [0.05, 0.1) is 6.61 Å². The third-order valence-electron chi connectivity index (χ3n) is 3.15. The number of ether oxygens (including phenoxy) is 1. The summed E-state index contributed by atoms with van der Waals surface area (Å²) in [6, 6.07) is 0. The molecule has 0 heterocycles. The van der Waals surface area contributed by atoms with E-state index >= 15 is 0 Å². The molecular formula is C14H31NO2. The van der Waals surface area contributed by atoms with E-state index in [-0.39, 0.29) is 12.1 Å². The molecule has 0 radical (unpaired) electrons. The van der Waals surface area contributed by atoms with Gasteiger partial charge < -0.3 is 15.2 Å². The van der Waals surface area contributed by atoms with Crippen LogP contribution in [-0.4, -0.2) is 37.0 Å². The van der Waals surface area contributed by atoms with Crippen molar-refractivity contribution in [1.82, 2.24) is 5.32 Å². The minimum absolute atomic E-state index is 0.146. The number of aliphatic hydroxyl groups excluding tert-OH is 1. The minimum atomic E-state index is -0.146. The maximum Gasteiger partial charge on any atom is 0.0610 e. The predicted octanol–water partition coefficient (Wildman–Crippen LogP) is 2.58. The number of rotatable bonds is 11. The van der Waals surface area contributed by atoms with Crippen LogP contribution in [0.4, 0.5) is 0 Å². The van der Waals surface area contributed by atoms with Crippen molar-refractivity contribution in [1.29, 1.82) is 0 Å². The first-order valence-electron chi connectivity index (χ1n) is 7.01. The van der Waals surface area contributed by atoms with Gasteiger partial charge >= 0.3 is 0 Å². The molecule has 2 atom stereocenters. The second-order valence-electron chi connectivity index (χ2n) is 5.32. The van der Waals surface area contributed by atoms with Gasteiger partial charge in [-0.3, -0.25) is 0 Å². The highest BCUT2D eigenvalue weighted by molar-refractivity contribution is 4.81. The molecule has 0 aromatic carbocycles. The molecule has 104 valence electrons. The second-order valence-corrected chi connectivity index (χ2v) is 5.32. The molecule has 0 aliphatic rings. The number of hydrogen-bond acceptors (Lipinski definition) is 3. The van der Waals surface area contributed by atoms with E-state index in [4.69, 9.17) is 4.74 Å². The normalized spacial score (nSPS) is 16.8. The fourth-order valence-electron chi connectivity index (χ4n) is 2.08. The Labute approximate surface area is 107 Å². The topological polar surface area (TPSA) is 41.5 Å². The number of hydrogen-bond donors (Lipinski definition) is 2. The van der Waals surface area contributed by atoms with Gasteiger partial charge in [0.25, 0.3) is 0 Å². The van der Waals surface area contributed by atoms with Gasteiger partial charge in [0, 0.05) is 18.8 Å². The van der Waals surface area contributed by atoms with E-state index in [9.17, 15) is 5.11 Å². The second kappa shape index (κ2) is 9.86. The van der Waals surface area contributed by atoms with Crippen LogP contribution in [0.25, 0.3) is 0 Å². The Morgan fingerprint density at radius 2 is 2.06 bits per heavy atom. The lowest BCUT2D eigenvalue weighted by Gasteiger charge is -2.28. The summed E-state index contributed by atoms with van der Waals surface area (Å²) in [7, 11) is 0. The monoisotopic (exact) mass is 245 g/mol. The molecule has 0 aromatic rings. The molecular weight excluding hydrogens is 214 g/mol. The molecule has 2 N–H and O–H groups in total. The Morgan fingerprint density at radius 3 is 2.59 bits per heavy atom. The van der Waals surface area contributed by atoms with Gasteiger partial charge in [-0.15, -0.1) is 0 Å². The number of aliphatic hydroxyl groups is 1. The van der Waals surface area contributed by atoms with Crippen LogP contribution in [0.5, 0.6) is 0 Å². The van der Waals surface area contributed by atoms with Crippen LogP contribution in [0.2, 0.25) is 0 Å². The van der Waals surface area contributed by atoms with Gasteiger partial charge in [-0.2, -0.15) is 0 Å². The smallest absolute Gasteiger partial charge is 0.0610 e. The molecule has 0 amide bonds. The lowest BCUT2D eigenvalue weighted by Crippen LogP contribution is -2.45. The zero-order valence-electron chi connectivity index (χ0n) is 12.1. The quantitative estimate of drug-likeness (QED) is 0.550. The van der Waals surface area contributed by atoms with Gasteiger partial charge in [0.1, 0.15) is 0 Å². The first-order chi connectivity index (χ1) is 8.08. The van der Waals surface area contributed by atoms with Gasteiger partial charge in [0.15, 0.2) is 0 Å². The molecule has 0 aromatic heterocycles. The van der Waals surface area contributed by atoms with Crippen molar-refractivity contribution in [2.45, 2.75) is 58.9 Å². The third kappa shape index (κ3) is 8.58. The average Bonchev–Trinajstić information content (AvgIpc) is 2.29. The van der Waals surface area contributed by atoms with Crippen molar-refractivity contribution in [3.63, 3.8) is 0 Å². The molecule has 2 unspecified atom stereocenters. The zero-order chi connectivity index (χ0) is 13.1. The molecule has 0 spiro atoms. The summed E-state index contributed by atoms with van der Waals surface area (Å²) in [5.41, 5.74) is -0.146. The average molecular weight is 245 g/mol. The summed E-state index contributed by atoms with van der Waals surface area (Å²) >= 11 is 0. The molecule has 0 saturated carbocycles. The first kappa shape index (κ1) is 16.9. The van der Waals surface area contributed by atoms with Crippen molar-refractivity contribution in [3.8, 4) is 0 Å². The van der Waals surface area contributed by atoms with Crippen LogP contribution in [0, 0.1) is 5.92 Å². The van der Waals surface area contributed by atoms with Crippen LogP contribution in [0.3, 0.4) is 0 Å². The van der Waals surface area contributed by atoms with Crippen LogP contribution >= 0.6 is 0 Å². The molecule has 0 aliphatic carbocycles. The number of nitrogens with one attached hydrogen (secondary N) is 1. The van der Waals surface area contributed by atoms with E-state index in [1.165, 1.54) is 12.8 Å². The summed E-state index contributed by atoms with van der Waals surface area (Å²) in [5.74, 6) is 0.665. The summed E-state index contributed by atoms with van der Waals surface area (Å²) < 4.78 is 5.66. The van der Waals surface area contributed by atoms with E-state index in [0.717, 1.165) is 32.6 Å². The van der Waals surface area contributed by atoms with Gasteiger partial charge in [-0.25, -0.2) is 0 Å². The zero-order valence-corrected chi connectivity index (χ0v) is 12.1. The van der Waals surface area contributed by atoms with Gasteiger partial charge in [-0.1, -0.05) is 27.2 Å². The van der Waals surface area contributed by atoms with Crippen LogP contribution in [0.15, 0.2) is 0 Å². The Balaban J connectivity index is 3.55. The lowest BCUT2D eigenvalue weighted by molar-refractivity contribution is 0.0870. The molecule has 3 heteroatoms. The molecule has 0 fully saturated rings. The Bertz CT molecular complexity index is 176. The molecule has 0 rings (SSSR count). The molecule has 3 nitrogen and oxygen atoms in total. The fraction of sp³-hybridized carbons (Fsp3) is 1.00. The van der Waals surface area contributed by atoms with E-state index in [0.29, 0.717) is 5.92 Å². The fourth-order valence-corrected chi connectivity index (χ4v) is 2.08. The summed E-state index contributed by atoms with van der Waals surface area (Å²) in [4.78, 5) is 0. The van der Waals surface area contributed by atoms with E-state index in [2.05, 4.69) is 33.0 Å². The van der Waals surface area contributed by atoms with E-state index in [1.807, 2.05) is 0 Å². The van der Waals surface area contributed by atoms with Gasteiger partial charge in [-0.05, 0) is 38.6 Å². The highest BCUT2D eigenvalue weighted by Crippen LogP contribution is 2.12. The summed E-state index contributed by atoms with van der Waals surface area (Å²) in [6.07, 6.45) is 4.43. The van der Waals surface area contributed by atoms with Crippen molar-refractivity contribution >= 4 is 0 Å². The molecule has 17 heavy (non-hydrogen) atoms. The SMILES string of the molecule is CCCC(C)COCCCC(C)(CO)NCC. The van der Waals surface area contributed by atoms with Crippen LogP contribution in [-0.2, 0) is 4.74 Å². The summed E-state index contributed by atoms with van der Waals surface area (Å²) in [5, 5.41) is 12.7. The molecule has 0 bridgehead atoms. The highest BCUT2D eigenvalue weighted by Gasteiger charge is 2.20. The van der Waals surface area contributed by atoms with Crippen molar-refractivity contribution in [2.75, 3.05) is 26.4 Å².